The molecule has 0 radical (unpaired) electrons. The molecule has 5 nitrogen and oxygen atoms in total. The summed E-state index contributed by atoms with van der Waals surface area (Å²) in [6.45, 7) is 7.99. The molecule has 21 heavy (non-hydrogen) atoms. The van der Waals surface area contributed by atoms with Gasteiger partial charge in [-0.2, -0.15) is 5.10 Å². The Morgan fingerprint density at radius 3 is 2.43 bits per heavy atom. The Balaban J connectivity index is 1.66. The van der Waals surface area contributed by atoms with Gasteiger partial charge in [0.2, 0.25) is 0 Å². The van der Waals surface area contributed by atoms with Crippen molar-refractivity contribution in [3.8, 4) is 0 Å². The lowest BCUT2D eigenvalue weighted by molar-refractivity contribution is 0.175. The van der Waals surface area contributed by atoms with E-state index in [4.69, 9.17) is 0 Å². The smallest absolute Gasteiger partial charge is 0.303 e. The predicted molar refractivity (Wildman–Crippen MR) is 83.6 cm³/mol. The molecule has 1 saturated heterocycles. The summed E-state index contributed by atoms with van der Waals surface area (Å²) in [5.41, 5.74) is 0.0810. The minimum Gasteiger partial charge on any atom is -0.303 e. The summed E-state index contributed by atoms with van der Waals surface area (Å²) >= 11 is 0. The SMILES string of the molecule is CC(C)CCN1CCC(n2c(C3CC3)nn(C)c2=O)CC1. The van der Waals surface area contributed by atoms with Crippen LogP contribution >= 0.6 is 0 Å². The molecule has 5 heteroatoms. The molecule has 2 heterocycles. The molecule has 1 saturated carbocycles. The van der Waals surface area contributed by atoms with Crippen LogP contribution in [0.25, 0.3) is 0 Å². The van der Waals surface area contributed by atoms with Gasteiger partial charge in [0.25, 0.3) is 0 Å². The second-order valence-corrected chi connectivity index (χ2v) is 7.16. The van der Waals surface area contributed by atoms with Crippen molar-refractivity contribution in [3.63, 3.8) is 0 Å². The first-order valence-electron chi connectivity index (χ1n) is 8.44. The van der Waals surface area contributed by atoms with Crippen LogP contribution in [0.15, 0.2) is 4.79 Å². The quantitative estimate of drug-likeness (QED) is 0.835. The standard InChI is InChI=1S/C16H28N4O/c1-12(2)6-9-19-10-7-14(8-11-19)20-15(13-4-5-13)17-18(3)16(20)21/h12-14H,4-11H2,1-3H3. The molecule has 1 aromatic heterocycles. The highest BCUT2D eigenvalue weighted by Crippen LogP contribution is 2.40. The fourth-order valence-electron chi connectivity index (χ4n) is 3.30. The number of aromatic nitrogens is 3. The molecule has 1 aliphatic carbocycles. The van der Waals surface area contributed by atoms with Gasteiger partial charge in [-0.15, -0.1) is 0 Å². The van der Waals surface area contributed by atoms with Crippen molar-refractivity contribution < 1.29 is 0 Å². The number of hydrogen-bond donors (Lipinski definition) is 0. The summed E-state index contributed by atoms with van der Waals surface area (Å²) < 4.78 is 3.54. The van der Waals surface area contributed by atoms with Gasteiger partial charge in [-0.1, -0.05) is 13.8 Å². The zero-order valence-electron chi connectivity index (χ0n) is 13.6. The molecule has 0 unspecified atom stereocenters. The van der Waals surface area contributed by atoms with E-state index in [-0.39, 0.29) is 5.69 Å². The van der Waals surface area contributed by atoms with E-state index in [2.05, 4.69) is 23.8 Å². The Morgan fingerprint density at radius 2 is 1.86 bits per heavy atom. The maximum Gasteiger partial charge on any atom is 0.345 e. The minimum atomic E-state index is 0.0810. The van der Waals surface area contributed by atoms with Crippen LogP contribution < -0.4 is 5.69 Å². The third-order valence-electron chi connectivity index (χ3n) is 4.87. The molecular weight excluding hydrogens is 264 g/mol. The van der Waals surface area contributed by atoms with Crippen LogP contribution in [0.5, 0.6) is 0 Å². The van der Waals surface area contributed by atoms with Crippen LogP contribution in [0.2, 0.25) is 0 Å². The third-order valence-corrected chi connectivity index (χ3v) is 4.87. The normalized spacial score (nSPS) is 21.3. The Labute approximate surface area is 126 Å². The van der Waals surface area contributed by atoms with Crippen LogP contribution in [0, 0.1) is 5.92 Å². The molecule has 0 atom stereocenters. The fraction of sp³-hybridized carbons (Fsp3) is 0.875. The van der Waals surface area contributed by atoms with Crippen molar-refractivity contribution in [2.45, 2.75) is 57.9 Å². The van der Waals surface area contributed by atoms with Crippen molar-refractivity contribution in [1.29, 1.82) is 0 Å². The summed E-state index contributed by atoms with van der Waals surface area (Å²) in [6.07, 6.45) is 5.84. The van der Waals surface area contributed by atoms with Crippen molar-refractivity contribution in [3.05, 3.63) is 16.3 Å². The largest absolute Gasteiger partial charge is 0.345 e. The predicted octanol–water partition coefficient (Wildman–Crippen LogP) is 2.14. The van der Waals surface area contributed by atoms with Crippen molar-refractivity contribution >= 4 is 0 Å². The Hall–Kier alpha value is -1.10. The van der Waals surface area contributed by atoms with Crippen LogP contribution in [0.4, 0.5) is 0 Å². The van der Waals surface area contributed by atoms with Gasteiger partial charge in [-0.3, -0.25) is 4.57 Å². The van der Waals surface area contributed by atoms with Crippen LogP contribution in [-0.4, -0.2) is 38.9 Å². The molecule has 0 amide bonds. The highest BCUT2D eigenvalue weighted by Gasteiger charge is 2.33. The summed E-state index contributed by atoms with van der Waals surface area (Å²) in [6, 6.07) is 0.358. The lowest BCUT2D eigenvalue weighted by Crippen LogP contribution is -2.38. The van der Waals surface area contributed by atoms with Gasteiger partial charge < -0.3 is 4.90 Å². The second-order valence-electron chi connectivity index (χ2n) is 7.16. The number of hydrogen-bond acceptors (Lipinski definition) is 3. The number of likely N-dealkylation sites (tertiary alicyclic amines) is 1. The molecule has 0 spiro atoms. The molecule has 0 bridgehead atoms. The van der Waals surface area contributed by atoms with Crippen molar-refractivity contribution in [2.24, 2.45) is 13.0 Å². The summed E-state index contributed by atoms with van der Waals surface area (Å²) in [5.74, 6) is 2.35. The van der Waals surface area contributed by atoms with Gasteiger partial charge in [0.1, 0.15) is 5.82 Å². The van der Waals surface area contributed by atoms with Gasteiger partial charge >= 0.3 is 5.69 Å². The van der Waals surface area contributed by atoms with E-state index < -0.39 is 0 Å². The van der Waals surface area contributed by atoms with Gasteiger partial charge in [0.05, 0.1) is 0 Å². The van der Waals surface area contributed by atoms with Crippen LogP contribution in [0.1, 0.15) is 63.7 Å². The number of aryl methyl sites for hydroxylation is 1. The summed E-state index contributed by atoms with van der Waals surface area (Å²) in [4.78, 5) is 14.9. The van der Waals surface area contributed by atoms with E-state index >= 15 is 0 Å². The Kier molecular flexibility index (Phi) is 4.20. The molecule has 1 aromatic rings. The molecule has 1 aliphatic heterocycles. The van der Waals surface area contributed by atoms with Gasteiger partial charge in [0.15, 0.2) is 0 Å². The van der Waals surface area contributed by atoms with E-state index in [1.807, 2.05) is 4.57 Å². The molecular formula is C16H28N4O. The second kappa shape index (κ2) is 5.95. The third kappa shape index (κ3) is 3.23. The Bertz CT molecular complexity index is 533. The monoisotopic (exact) mass is 292 g/mol. The zero-order chi connectivity index (χ0) is 15.0. The molecule has 118 valence electrons. The summed E-state index contributed by atoms with van der Waals surface area (Å²) in [7, 11) is 1.78. The number of piperidine rings is 1. The van der Waals surface area contributed by atoms with Gasteiger partial charge in [0, 0.05) is 32.1 Å². The van der Waals surface area contributed by atoms with Gasteiger partial charge in [-0.05, 0) is 44.6 Å². The number of rotatable bonds is 5. The zero-order valence-corrected chi connectivity index (χ0v) is 13.6. The molecule has 3 rings (SSSR count). The van der Waals surface area contributed by atoms with Gasteiger partial charge in [-0.25, -0.2) is 9.48 Å². The summed E-state index contributed by atoms with van der Waals surface area (Å²) in [5, 5.41) is 4.48. The van der Waals surface area contributed by atoms with E-state index in [0.29, 0.717) is 12.0 Å². The Morgan fingerprint density at radius 1 is 1.19 bits per heavy atom. The van der Waals surface area contributed by atoms with Crippen molar-refractivity contribution in [2.75, 3.05) is 19.6 Å². The first kappa shape index (κ1) is 14.8. The van der Waals surface area contributed by atoms with Crippen molar-refractivity contribution in [1.82, 2.24) is 19.2 Å². The van der Waals surface area contributed by atoms with E-state index in [9.17, 15) is 4.79 Å². The lowest BCUT2D eigenvalue weighted by atomic mass is 10.0. The van der Waals surface area contributed by atoms with E-state index in [0.717, 1.165) is 37.7 Å². The lowest BCUT2D eigenvalue weighted by Gasteiger charge is -2.33. The highest BCUT2D eigenvalue weighted by atomic mass is 16.2. The minimum absolute atomic E-state index is 0.0810. The first-order valence-corrected chi connectivity index (χ1v) is 8.44. The maximum absolute atomic E-state index is 12.4. The molecule has 0 N–H and O–H groups in total. The van der Waals surface area contributed by atoms with E-state index in [1.165, 1.54) is 30.5 Å². The highest BCUT2D eigenvalue weighted by molar-refractivity contribution is 5.07. The van der Waals surface area contributed by atoms with Crippen LogP contribution in [-0.2, 0) is 7.05 Å². The maximum atomic E-state index is 12.4. The fourth-order valence-corrected chi connectivity index (χ4v) is 3.30. The topological polar surface area (TPSA) is 43.1 Å². The molecule has 0 aromatic carbocycles. The van der Waals surface area contributed by atoms with Crippen LogP contribution in [0.3, 0.4) is 0 Å². The molecule has 2 aliphatic rings. The average molecular weight is 292 g/mol. The first-order chi connectivity index (χ1) is 10.1. The molecule has 2 fully saturated rings. The van der Waals surface area contributed by atoms with E-state index in [1.54, 1.807) is 7.05 Å². The number of nitrogens with zero attached hydrogens (tertiary/aromatic N) is 4. The average Bonchev–Trinajstić information content (AvgIpc) is 3.25.